The lowest BCUT2D eigenvalue weighted by Crippen LogP contribution is -2.33. The Balaban J connectivity index is 1.66. The third-order valence-electron chi connectivity index (χ3n) is 4.76. The molecule has 0 aliphatic heterocycles. The number of nitrogens with zero attached hydrogens (tertiary/aromatic N) is 4. The van der Waals surface area contributed by atoms with Crippen LogP contribution in [0.5, 0.6) is 0 Å². The molecule has 1 aromatic carbocycles. The first-order valence-corrected chi connectivity index (χ1v) is 9.77. The molecule has 142 valence electrons. The van der Waals surface area contributed by atoms with Crippen molar-refractivity contribution in [3.05, 3.63) is 41.8 Å². The Hall–Kier alpha value is -2.11. The molecule has 0 amide bonds. The van der Waals surface area contributed by atoms with Crippen LogP contribution < -0.4 is 11.3 Å². The van der Waals surface area contributed by atoms with Crippen molar-refractivity contribution in [2.75, 3.05) is 5.43 Å². The number of hydrazine groups is 1. The molecule has 4 rings (SSSR count). The van der Waals surface area contributed by atoms with E-state index in [0.717, 1.165) is 0 Å². The van der Waals surface area contributed by atoms with Crippen LogP contribution in [-0.4, -0.2) is 51.6 Å². The van der Waals surface area contributed by atoms with Gasteiger partial charge in [-0.05, 0) is 30.7 Å². The molecule has 1 aliphatic rings. The fraction of sp³-hybridized carbons (Fsp3) is 0.312. The minimum absolute atomic E-state index is 0.268. The highest BCUT2D eigenvalue weighted by Gasteiger charge is 2.46. The van der Waals surface area contributed by atoms with Gasteiger partial charge in [0, 0.05) is 9.92 Å². The predicted molar refractivity (Wildman–Crippen MR) is 100 cm³/mol. The van der Waals surface area contributed by atoms with Crippen molar-refractivity contribution in [3.63, 3.8) is 0 Å². The van der Waals surface area contributed by atoms with Gasteiger partial charge in [0.25, 0.3) is 0 Å². The lowest BCUT2D eigenvalue weighted by Gasteiger charge is -2.17. The monoisotopic (exact) mass is 408 g/mol. The quantitative estimate of drug-likeness (QED) is 0.363. The molecule has 0 radical (unpaired) electrons. The molecule has 2 aromatic heterocycles. The van der Waals surface area contributed by atoms with Crippen LogP contribution in [0.2, 0.25) is 5.02 Å². The van der Waals surface area contributed by atoms with Gasteiger partial charge in [-0.3, -0.25) is 4.21 Å². The number of aromatic nitrogens is 4. The van der Waals surface area contributed by atoms with Gasteiger partial charge in [0.05, 0.1) is 39.8 Å². The van der Waals surface area contributed by atoms with Crippen LogP contribution in [0.1, 0.15) is 12.5 Å². The highest BCUT2D eigenvalue weighted by atomic mass is 35.5. The number of benzene rings is 1. The highest BCUT2D eigenvalue weighted by molar-refractivity contribution is 7.85. The minimum atomic E-state index is -1.51. The third-order valence-corrected chi connectivity index (χ3v) is 6.77. The first kappa shape index (κ1) is 18.3. The van der Waals surface area contributed by atoms with E-state index in [-0.39, 0.29) is 6.42 Å². The Labute approximate surface area is 161 Å². The second kappa shape index (κ2) is 7.13. The number of nitrogens with two attached hydrogens (primary N) is 1. The molecule has 5 atom stereocenters. The van der Waals surface area contributed by atoms with Crippen LogP contribution in [0.15, 0.2) is 41.7 Å². The second-order valence-electron chi connectivity index (χ2n) is 6.27. The maximum Gasteiger partial charge on any atom is 0.163 e. The molecule has 9 nitrogen and oxygen atoms in total. The number of nitrogens with one attached hydrogen (secondary N) is 1. The van der Waals surface area contributed by atoms with Crippen molar-refractivity contribution in [1.82, 2.24) is 19.7 Å². The molecule has 1 fully saturated rings. The van der Waals surface area contributed by atoms with Crippen LogP contribution in [-0.2, 0) is 10.8 Å². The van der Waals surface area contributed by atoms with Gasteiger partial charge in [-0.15, -0.1) is 0 Å². The van der Waals surface area contributed by atoms with Gasteiger partial charge in [0.15, 0.2) is 11.5 Å². The molecule has 0 spiro atoms. The number of hydrogen-bond donors (Lipinski definition) is 4. The number of aliphatic hydroxyl groups is 2. The van der Waals surface area contributed by atoms with Crippen molar-refractivity contribution in [1.29, 1.82) is 0 Å². The lowest BCUT2D eigenvalue weighted by atomic mass is 10.2. The zero-order valence-electron chi connectivity index (χ0n) is 13.9. The van der Waals surface area contributed by atoms with E-state index in [0.29, 0.717) is 26.8 Å². The average Bonchev–Trinajstić information content (AvgIpc) is 3.23. The topological polar surface area (TPSA) is 139 Å². The average molecular weight is 409 g/mol. The fourth-order valence-electron chi connectivity index (χ4n) is 3.39. The molecule has 2 heterocycles. The molecular formula is C16H17ClN6O3S. The number of rotatable bonds is 4. The van der Waals surface area contributed by atoms with Gasteiger partial charge in [0.1, 0.15) is 12.4 Å². The van der Waals surface area contributed by atoms with Crippen LogP contribution in [0.25, 0.3) is 11.0 Å². The molecule has 0 bridgehead atoms. The number of hydrogen-bond acceptors (Lipinski definition) is 8. The number of halogens is 1. The SMILES string of the molecule is NNc1ncnc2c1cnn2[C@@H]1CC(S(=O)c2ccc(Cl)cc2)[C@@H](O)[C@H]1O. The van der Waals surface area contributed by atoms with Crippen molar-refractivity contribution >= 4 is 39.3 Å². The zero-order chi connectivity index (χ0) is 19.1. The van der Waals surface area contributed by atoms with E-state index in [1.165, 1.54) is 17.2 Å². The van der Waals surface area contributed by atoms with Crippen LogP contribution in [0.3, 0.4) is 0 Å². The smallest absolute Gasteiger partial charge is 0.163 e. The van der Waals surface area contributed by atoms with Gasteiger partial charge in [0.2, 0.25) is 0 Å². The molecule has 3 aromatic rings. The summed E-state index contributed by atoms with van der Waals surface area (Å²) in [6.07, 6.45) is 0.825. The van der Waals surface area contributed by atoms with E-state index in [1.807, 2.05) is 0 Å². The number of anilines is 1. The molecular weight excluding hydrogens is 392 g/mol. The first-order chi connectivity index (χ1) is 13.0. The van der Waals surface area contributed by atoms with Crippen LogP contribution in [0, 0.1) is 0 Å². The summed E-state index contributed by atoms with van der Waals surface area (Å²) in [4.78, 5) is 8.76. The number of nitrogen functional groups attached to an aromatic ring is 1. The van der Waals surface area contributed by atoms with E-state index >= 15 is 0 Å². The Morgan fingerprint density at radius 2 is 1.96 bits per heavy atom. The van der Waals surface area contributed by atoms with Gasteiger partial charge >= 0.3 is 0 Å². The van der Waals surface area contributed by atoms with Crippen LogP contribution >= 0.6 is 11.6 Å². The summed E-state index contributed by atoms with van der Waals surface area (Å²) in [5.74, 6) is 5.85. The molecule has 2 unspecified atom stereocenters. The third kappa shape index (κ3) is 3.09. The van der Waals surface area contributed by atoms with E-state index in [2.05, 4.69) is 20.5 Å². The van der Waals surface area contributed by atoms with Gasteiger partial charge in [-0.2, -0.15) is 5.10 Å². The maximum atomic E-state index is 12.9. The standard InChI is InChI=1S/C16H17ClN6O3S/c17-8-1-3-9(4-2-8)27(26)12-5-11(13(24)14(12)25)23-16-10(6-21-23)15(22-18)19-7-20-16/h1-4,6-7,11-14,24-25H,5,18H2,(H,19,20,22)/t11-,12?,13+,14-,27?/m1/s1. The lowest BCUT2D eigenvalue weighted by molar-refractivity contribution is 0.0232. The Kier molecular flexibility index (Phi) is 4.82. The normalized spacial score (nSPS) is 26.4. The molecule has 27 heavy (non-hydrogen) atoms. The Morgan fingerprint density at radius 1 is 1.22 bits per heavy atom. The Bertz CT molecular complexity index is 997. The van der Waals surface area contributed by atoms with Gasteiger partial charge < -0.3 is 15.6 Å². The van der Waals surface area contributed by atoms with Gasteiger partial charge in [-0.25, -0.2) is 20.5 Å². The van der Waals surface area contributed by atoms with Crippen molar-refractivity contribution in [2.24, 2.45) is 5.84 Å². The summed E-state index contributed by atoms with van der Waals surface area (Å²) in [7, 11) is -1.51. The molecule has 1 saturated carbocycles. The minimum Gasteiger partial charge on any atom is -0.389 e. The summed E-state index contributed by atoms with van der Waals surface area (Å²) in [5.41, 5.74) is 2.94. The summed E-state index contributed by atoms with van der Waals surface area (Å²) in [5, 5.41) is 25.8. The number of aliphatic hydroxyl groups excluding tert-OH is 2. The summed E-state index contributed by atoms with van der Waals surface area (Å²) < 4.78 is 14.4. The maximum absolute atomic E-state index is 12.9. The fourth-order valence-corrected chi connectivity index (χ4v) is 5.05. The van der Waals surface area contributed by atoms with E-state index in [4.69, 9.17) is 17.4 Å². The summed E-state index contributed by atoms with van der Waals surface area (Å²) in [6, 6.07) is 6.01. The second-order valence-corrected chi connectivity index (χ2v) is 8.38. The molecule has 1 aliphatic carbocycles. The molecule has 0 saturated heterocycles. The summed E-state index contributed by atoms with van der Waals surface area (Å²) in [6.45, 7) is 0. The van der Waals surface area contributed by atoms with Crippen molar-refractivity contribution in [2.45, 2.75) is 34.8 Å². The van der Waals surface area contributed by atoms with E-state index in [9.17, 15) is 14.4 Å². The van der Waals surface area contributed by atoms with Gasteiger partial charge in [-0.1, -0.05) is 11.6 Å². The first-order valence-electron chi connectivity index (χ1n) is 8.18. The molecule has 5 N–H and O–H groups in total. The van der Waals surface area contributed by atoms with Crippen LogP contribution in [0.4, 0.5) is 5.82 Å². The molecule has 11 heteroatoms. The van der Waals surface area contributed by atoms with Crippen molar-refractivity contribution in [3.8, 4) is 0 Å². The van der Waals surface area contributed by atoms with E-state index in [1.54, 1.807) is 24.3 Å². The largest absolute Gasteiger partial charge is 0.389 e. The number of fused-ring (bicyclic) bond motifs is 1. The Morgan fingerprint density at radius 3 is 2.67 bits per heavy atom. The zero-order valence-corrected chi connectivity index (χ0v) is 15.5. The predicted octanol–water partition coefficient (Wildman–Crippen LogP) is 0.608. The summed E-state index contributed by atoms with van der Waals surface area (Å²) >= 11 is 5.87. The van der Waals surface area contributed by atoms with E-state index < -0.39 is 34.3 Å². The highest BCUT2D eigenvalue weighted by Crippen LogP contribution is 2.37. The van der Waals surface area contributed by atoms with Crippen molar-refractivity contribution < 1.29 is 14.4 Å².